The average molecular weight is 388 g/mol. The molecule has 0 saturated carbocycles. The molecule has 0 aliphatic carbocycles. The van der Waals surface area contributed by atoms with Crippen LogP contribution in [0, 0.1) is 5.92 Å². The standard InChI is InChI=1S/C20H24N2O6/c1-12(18(24)28-20(2,3)4)17(23)21-10-13-7-6-8-14(9-13)16-15(19(25)26-5)22-11-27-16/h6-9,11-12H,10H2,1-5H3,(H,21,23)/t12-/m0/s1. The first-order chi connectivity index (χ1) is 13.1. The van der Waals surface area contributed by atoms with Gasteiger partial charge in [0, 0.05) is 12.1 Å². The second-order valence-corrected chi connectivity index (χ2v) is 7.20. The van der Waals surface area contributed by atoms with E-state index in [2.05, 4.69) is 15.0 Å². The fourth-order valence-electron chi connectivity index (χ4n) is 2.36. The van der Waals surface area contributed by atoms with Gasteiger partial charge in [0.05, 0.1) is 7.11 Å². The van der Waals surface area contributed by atoms with Gasteiger partial charge in [0.25, 0.3) is 0 Å². The molecule has 0 unspecified atom stereocenters. The van der Waals surface area contributed by atoms with Crippen molar-refractivity contribution < 1.29 is 28.3 Å². The Balaban J connectivity index is 2.06. The molecule has 2 aromatic rings. The maximum atomic E-state index is 12.2. The number of hydrogen-bond donors (Lipinski definition) is 1. The van der Waals surface area contributed by atoms with Gasteiger partial charge in [-0.2, -0.15) is 0 Å². The second kappa shape index (κ2) is 8.69. The number of amides is 1. The van der Waals surface area contributed by atoms with Gasteiger partial charge in [-0.25, -0.2) is 9.78 Å². The highest BCUT2D eigenvalue weighted by molar-refractivity contribution is 5.97. The first kappa shape index (κ1) is 21.1. The molecule has 0 radical (unpaired) electrons. The molecule has 8 nitrogen and oxygen atoms in total. The highest BCUT2D eigenvalue weighted by Gasteiger charge is 2.27. The molecule has 0 aliphatic heterocycles. The molecule has 1 N–H and O–H groups in total. The predicted molar refractivity (Wildman–Crippen MR) is 100 cm³/mol. The molecule has 8 heteroatoms. The van der Waals surface area contributed by atoms with E-state index in [-0.39, 0.29) is 18.0 Å². The van der Waals surface area contributed by atoms with Gasteiger partial charge in [-0.15, -0.1) is 0 Å². The molecule has 1 aromatic carbocycles. The number of carbonyl (C=O) groups is 3. The van der Waals surface area contributed by atoms with Crippen LogP contribution in [0.4, 0.5) is 0 Å². The van der Waals surface area contributed by atoms with Gasteiger partial charge in [0.1, 0.15) is 11.5 Å². The van der Waals surface area contributed by atoms with Crippen molar-refractivity contribution in [1.82, 2.24) is 10.3 Å². The van der Waals surface area contributed by atoms with E-state index in [1.807, 2.05) is 0 Å². The van der Waals surface area contributed by atoms with Crippen molar-refractivity contribution in [2.24, 2.45) is 5.92 Å². The number of benzene rings is 1. The van der Waals surface area contributed by atoms with Crippen LogP contribution in [0.15, 0.2) is 35.1 Å². The molecule has 0 bridgehead atoms. The quantitative estimate of drug-likeness (QED) is 0.599. The summed E-state index contributed by atoms with van der Waals surface area (Å²) in [5.41, 5.74) is 0.788. The van der Waals surface area contributed by atoms with Crippen LogP contribution in [-0.2, 0) is 25.6 Å². The lowest BCUT2D eigenvalue weighted by atomic mass is 10.1. The van der Waals surface area contributed by atoms with Gasteiger partial charge in [-0.05, 0) is 39.3 Å². The van der Waals surface area contributed by atoms with Gasteiger partial charge in [0.2, 0.25) is 5.91 Å². The first-order valence-electron chi connectivity index (χ1n) is 8.74. The molecule has 1 amide bonds. The van der Waals surface area contributed by atoms with Crippen LogP contribution in [-0.4, -0.2) is 35.5 Å². The molecule has 1 atom stereocenters. The van der Waals surface area contributed by atoms with E-state index in [9.17, 15) is 14.4 Å². The van der Waals surface area contributed by atoms with Gasteiger partial charge in [-0.1, -0.05) is 18.2 Å². The topological polar surface area (TPSA) is 108 Å². The third-order valence-electron chi connectivity index (χ3n) is 3.76. The molecule has 0 aliphatic rings. The number of nitrogens with one attached hydrogen (secondary N) is 1. The summed E-state index contributed by atoms with van der Waals surface area (Å²) in [5, 5.41) is 2.71. The zero-order valence-electron chi connectivity index (χ0n) is 16.6. The minimum Gasteiger partial charge on any atom is -0.464 e. The summed E-state index contributed by atoms with van der Waals surface area (Å²) in [4.78, 5) is 39.9. The molecule has 1 aromatic heterocycles. The van der Waals surface area contributed by atoms with Gasteiger partial charge in [0.15, 0.2) is 17.8 Å². The number of nitrogens with zero attached hydrogens (tertiary/aromatic N) is 1. The lowest BCUT2D eigenvalue weighted by molar-refractivity contribution is -0.161. The minimum atomic E-state index is -0.928. The molecular formula is C20H24N2O6. The number of ether oxygens (including phenoxy) is 2. The maximum absolute atomic E-state index is 12.2. The van der Waals surface area contributed by atoms with Crippen LogP contribution in [0.3, 0.4) is 0 Å². The Hall–Kier alpha value is -3.16. The van der Waals surface area contributed by atoms with Crippen molar-refractivity contribution >= 4 is 17.8 Å². The number of oxazole rings is 1. The van der Waals surface area contributed by atoms with Crippen LogP contribution in [0.1, 0.15) is 43.7 Å². The smallest absolute Gasteiger partial charge is 0.360 e. The molecule has 1 heterocycles. The van der Waals surface area contributed by atoms with E-state index in [4.69, 9.17) is 9.15 Å². The van der Waals surface area contributed by atoms with E-state index in [1.54, 1.807) is 45.0 Å². The van der Waals surface area contributed by atoms with Gasteiger partial charge < -0.3 is 19.2 Å². The number of esters is 2. The van der Waals surface area contributed by atoms with Crippen LogP contribution >= 0.6 is 0 Å². The van der Waals surface area contributed by atoms with Crippen molar-refractivity contribution in [3.63, 3.8) is 0 Å². The Morgan fingerprint density at radius 2 is 1.96 bits per heavy atom. The average Bonchev–Trinajstić information content (AvgIpc) is 3.13. The summed E-state index contributed by atoms with van der Waals surface area (Å²) >= 11 is 0. The molecule has 28 heavy (non-hydrogen) atoms. The second-order valence-electron chi connectivity index (χ2n) is 7.20. The van der Waals surface area contributed by atoms with Crippen molar-refractivity contribution in [3.8, 4) is 11.3 Å². The fraction of sp³-hybridized carbons (Fsp3) is 0.400. The Morgan fingerprint density at radius 1 is 1.25 bits per heavy atom. The molecular weight excluding hydrogens is 364 g/mol. The maximum Gasteiger partial charge on any atom is 0.360 e. The van der Waals surface area contributed by atoms with E-state index in [0.717, 1.165) is 5.56 Å². The Kier molecular flexibility index (Phi) is 6.56. The van der Waals surface area contributed by atoms with Crippen LogP contribution < -0.4 is 5.32 Å². The minimum absolute atomic E-state index is 0.0715. The number of rotatable bonds is 6. The lowest BCUT2D eigenvalue weighted by Gasteiger charge is -2.22. The molecule has 0 fully saturated rings. The summed E-state index contributed by atoms with van der Waals surface area (Å²) in [6, 6.07) is 7.07. The summed E-state index contributed by atoms with van der Waals surface area (Å²) in [7, 11) is 1.26. The number of carbonyl (C=O) groups excluding carboxylic acids is 3. The Morgan fingerprint density at radius 3 is 2.61 bits per heavy atom. The van der Waals surface area contributed by atoms with Crippen LogP contribution in [0.2, 0.25) is 0 Å². The van der Waals surface area contributed by atoms with Crippen LogP contribution in [0.5, 0.6) is 0 Å². The summed E-state index contributed by atoms with van der Waals surface area (Å²) < 4.78 is 15.2. The molecule has 2 rings (SSSR count). The number of methoxy groups -OCH3 is 1. The Labute approximate surface area is 163 Å². The zero-order chi connectivity index (χ0) is 20.9. The third-order valence-corrected chi connectivity index (χ3v) is 3.76. The number of aromatic nitrogens is 1. The highest BCUT2D eigenvalue weighted by Crippen LogP contribution is 2.24. The normalized spacial score (nSPS) is 12.2. The third kappa shape index (κ3) is 5.42. The SMILES string of the molecule is COC(=O)c1ncoc1-c1cccc(CNC(=O)[C@H](C)C(=O)OC(C)(C)C)c1. The van der Waals surface area contributed by atoms with Crippen LogP contribution in [0.25, 0.3) is 11.3 Å². The van der Waals surface area contributed by atoms with Gasteiger partial charge in [-0.3, -0.25) is 9.59 Å². The van der Waals surface area contributed by atoms with E-state index in [1.165, 1.54) is 20.4 Å². The Bertz CT molecular complexity index is 866. The van der Waals surface area contributed by atoms with Crippen molar-refractivity contribution in [3.05, 3.63) is 41.9 Å². The highest BCUT2D eigenvalue weighted by atomic mass is 16.6. The predicted octanol–water partition coefficient (Wildman–Crippen LogP) is 2.72. The monoisotopic (exact) mass is 388 g/mol. The van der Waals surface area contributed by atoms with Crippen molar-refractivity contribution in [2.45, 2.75) is 39.8 Å². The zero-order valence-corrected chi connectivity index (χ0v) is 16.6. The summed E-state index contributed by atoms with van der Waals surface area (Å²) in [6.07, 6.45) is 1.17. The first-order valence-corrected chi connectivity index (χ1v) is 8.74. The molecule has 150 valence electrons. The van der Waals surface area contributed by atoms with E-state index >= 15 is 0 Å². The summed E-state index contributed by atoms with van der Waals surface area (Å²) in [6.45, 7) is 6.92. The van der Waals surface area contributed by atoms with Crippen molar-refractivity contribution in [1.29, 1.82) is 0 Å². The van der Waals surface area contributed by atoms with E-state index < -0.39 is 29.4 Å². The number of hydrogen-bond acceptors (Lipinski definition) is 7. The van der Waals surface area contributed by atoms with E-state index in [0.29, 0.717) is 5.56 Å². The molecule has 0 spiro atoms. The molecule has 0 saturated heterocycles. The fourth-order valence-corrected chi connectivity index (χ4v) is 2.36. The van der Waals surface area contributed by atoms with Crippen molar-refractivity contribution in [2.75, 3.05) is 7.11 Å². The summed E-state index contributed by atoms with van der Waals surface area (Å²) in [5.74, 6) is -2.27. The lowest BCUT2D eigenvalue weighted by Crippen LogP contribution is -2.37. The largest absolute Gasteiger partial charge is 0.464 e. The van der Waals surface area contributed by atoms with Gasteiger partial charge >= 0.3 is 11.9 Å².